The zero-order valence-electron chi connectivity index (χ0n) is 19.9. The molecule has 0 aliphatic carbocycles. The van der Waals surface area contributed by atoms with Crippen LogP contribution in [-0.4, -0.2) is 79.9 Å². The molecule has 1 aliphatic heterocycles. The van der Waals surface area contributed by atoms with Gasteiger partial charge in [-0.1, -0.05) is 30.3 Å². The minimum absolute atomic E-state index is 0.189. The average molecular weight is 476 g/mol. The summed E-state index contributed by atoms with van der Waals surface area (Å²) in [6.07, 6.45) is 2.11. The molecule has 0 spiro atoms. The van der Waals surface area contributed by atoms with Crippen molar-refractivity contribution in [3.63, 3.8) is 0 Å². The predicted octanol–water partition coefficient (Wildman–Crippen LogP) is 1.20. The number of nitrogens with zero attached hydrogens (tertiary/aromatic N) is 1. The molecule has 186 valence electrons. The Morgan fingerprint density at radius 2 is 1.56 bits per heavy atom. The van der Waals surface area contributed by atoms with E-state index in [2.05, 4.69) is 10.6 Å². The van der Waals surface area contributed by atoms with Gasteiger partial charge in [0.2, 0.25) is 5.91 Å². The molecule has 34 heavy (non-hydrogen) atoms. The van der Waals surface area contributed by atoms with E-state index in [9.17, 15) is 19.2 Å². The van der Waals surface area contributed by atoms with E-state index in [4.69, 9.17) is 14.2 Å². The highest BCUT2D eigenvalue weighted by atomic mass is 16.6. The van der Waals surface area contributed by atoms with E-state index < -0.39 is 17.7 Å². The monoisotopic (exact) mass is 475 g/mol. The number of amides is 4. The third-order valence-corrected chi connectivity index (χ3v) is 4.57. The zero-order valence-corrected chi connectivity index (χ0v) is 19.9. The number of benzene rings is 1. The summed E-state index contributed by atoms with van der Waals surface area (Å²) < 4.78 is 16.1. The number of hydrogen-bond acceptors (Lipinski definition) is 7. The molecule has 0 saturated heterocycles. The molecule has 0 aromatic heterocycles. The Morgan fingerprint density at radius 1 is 0.941 bits per heavy atom. The Morgan fingerprint density at radius 3 is 2.18 bits per heavy atom. The van der Waals surface area contributed by atoms with Crippen LogP contribution in [0.5, 0.6) is 0 Å². The van der Waals surface area contributed by atoms with Crippen LogP contribution in [0.4, 0.5) is 4.79 Å². The van der Waals surface area contributed by atoms with Crippen LogP contribution in [0.25, 0.3) is 0 Å². The number of hydrogen-bond donors (Lipinski definition) is 2. The van der Waals surface area contributed by atoms with Crippen LogP contribution in [-0.2, 0) is 35.0 Å². The molecule has 2 rings (SSSR count). The maximum atomic E-state index is 12.7. The molecule has 1 heterocycles. The van der Waals surface area contributed by atoms with Crippen molar-refractivity contribution in [3.8, 4) is 0 Å². The fourth-order valence-corrected chi connectivity index (χ4v) is 3.01. The maximum absolute atomic E-state index is 12.7. The van der Waals surface area contributed by atoms with Crippen molar-refractivity contribution in [2.45, 2.75) is 38.8 Å². The van der Waals surface area contributed by atoms with Gasteiger partial charge in [0.15, 0.2) is 0 Å². The smallest absolute Gasteiger partial charge is 0.408 e. The van der Waals surface area contributed by atoms with Gasteiger partial charge < -0.3 is 24.8 Å². The molecule has 0 unspecified atom stereocenters. The summed E-state index contributed by atoms with van der Waals surface area (Å²) in [4.78, 5) is 48.8. The molecule has 0 bridgehead atoms. The molecule has 10 nitrogen and oxygen atoms in total. The lowest BCUT2D eigenvalue weighted by Crippen LogP contribution is -2.49. The van der Waals surface area contributed by atoms with E-state index in [1.54, 1.807) is 20.8 Å². The minimum atomic E-state index is -0.800. The first kappa shape index (κ1) is 27.0. The van der Waals surface area contributed by atoms with Crippen LogP contribution in [0, 0.1) is 0 Å². The summed E-state index contributed by atoms with van der Waals surface area (Å²) in [5.74, 6) is -1.03. The van der Waals surface area contributed by atoms with Crippen molar-refractivity contribution in [3.05, 3.63) is 48.0 Å². The first-order valence-electron chi connectivity index (χ1n) is 11.2. The van der Waals surface area contributed by atoms with Crippen LogP contribution in [0.15, 0.2) is 42.5 Å². The van der Waals surface area contributed by atoms with Crippen molar-refractivity contribution in [1.29, 1.82) is 0 Å². The van der Waals surface area contributed by atoms with Gasteiger partial charge in [-0.05, 0) is 26.3 Å². The third-order valence-electron chi connectivity index (χ3n) is 4.57. The number of nitrogens with one attached hydrogen (secondary N) is 2. The van der Waals surface area contributed by atoms with E-state index in [0.29, 0.717) is 13.0 Å². The highest BCUT2D eigenvalue weighted by molar-refractivity contribution is 6.12. The van der Waals surface area contributed by atoms with Gasteiger partial charge >= 0.3 is 6.09 Å². The highest BCUT2D eigenvalue weighted by Crippen LogP contribution is 2.09. The topological polar surface area (TPSA) is 123 Å². The third kappa shape index (κ3) is 10.1. The van der Waals surface area contributed by atoms with Crippen molar-refractivity contribution in [2.24, 2.45) is 0 Å². The molecule has 0 saturated carbocycles. The quantitative estimate of drug-likeness (QED) is 0.325. The van der Waals surface area contributed by atoms with Gasteiger partial charge in [0, 0.05) is 25.1 Å². The van der Waals surface area contributed by atoms with Crippen molar-refractivity contribution in [1.82, 2.24) is 15.5 Å². The fraction of sp³-hybridized carbons (Fsp3) is 0.500. The van der Waals surface area contributed by atoms with Crippen LogP contribution >= 0.6 is 0 Å². The fourth-order valence-electron chi connectivity index (χ4n) is 3.01. The Bertz CT molecular complexity index is 847. The first-order valence-corrected chi connectivity index (χ1v) is 11.2. The van der Waals surface area contributed by atoms with Gasteiger partial charge in [-0.15, -0.1) is 0 Å². The second-order valence-corrected chi connectivity index (χ2v) is 8.57. The second kappa shape index (κ2) is 13.5. The molecule has 0 fully saturated rings. The van der Waals surface area contributed by atoms with Gasteiger partial charge in [-0.3, -0.25) is 19.3 Å². The largest absolute Gasteiger partial charge is 0.444 e. The van der Waals surface area contributed by atoms with E-state index in [0.717, 1.165) is 10.5 Å². The lowest BCUT2D eigenvalue weighted by molar-refractivity contribution is -0.137. The molecular formula is C24H33N3O7. The number of imide groups is 1. The molecule has 1 aromatic rings. The predicted molar refractivity (Wildman–Crippen MR) is 124 cm³/mol. The maximum Gasteiger partial charge on any atom is 0.408 e. The van der Waals surface area contributed by atoms with E-state index in [1.807, 2.05) is 30.3 Å². The molecular weight excluding hydrogens is 442 g/mol. The SMILES string of the molecule is CC(C)(C)OC(=O)N[C@@H](Cc1ccccc1)C(=O)NCCOCCOCCN1C(=O)C=CC1=O. The average Bonchev–Trinajstić information content (AvgIpc) is 3.08. The van der Waals surface area contributed by atoms with Gasteiger partial charge in [0.1, 0.15) is 11.6 Å². The molecule has 0 radical (unpaired) electrons. The molecule has 1 atom stereocenters. The highest BCUT2D eigenvalue weighted by Gasteiger charge is 2.25. The number of carbonyl (C=O) groups excluding carboxylic acids is 4. The molecule has 4 amide bonds. The molecule has 10 heteroatoms. The lowest BCUT2D eigenvalue weighted by Gasteiger charge is -2.23. The zero-order chi connectivity index (χ0) is 25.0. The van der Waals surface area contributed by atoms with Gasteiger partial charge in [0.25, 0.3) is 11.8 Å². The lowest BCUT2D eigenvalue weighted by atomic mass is 10.1. The first-order chi connectivity index (χ1) is 16.2. The van der Waals surface area contributed by atoms with Crippen molar-refractivity contribution < 1.29 is 33.4 Å². The number of rotatable bonds is 13. The Kier molecular flexibility index (Phi) is 10.7. The molecule has 2 N–H and O–H groups in total. The summed E-state index contributed by atoms with van der Waals surface area (Å²) >= 11 is 0. The van der Waals surface area contributed by atoms with Gasteiger partial charge in [-0.25, -0.2) is 4.79 Å². The minimum Gasteiger partial charge on any atom is -0.444 e. The summed E-state index contributed by atoms with van der Waals surface area (Å²) in [6.45, 7) is 6.75. The van der Waals surface area contributed by atoms with Gasteiger partial charge in [0.05, 0.1) is 33.0 Å². The van der Waals surface area contributed by atoms with Crippen LogP contribution in [0.1, 0.15) is 26.3 Å². The Labute approximate surface area is 199 Å². The number of ether oxygens (including phenoxy) is 3. The Hall–Kier alpha value is -3.24. The van der Waals surface area contributed by atoms with Crippen LogP contribution in [0.2, 0.25) is 0 Å². The van der Waals surface area contributed by atoms with Crippen molar-refractivity contribution >= 4 is 23.8 Å². The Balaban J connectivity index is 1.66. The number of carbonyl (C=O) groups is 4. The molecule has 1 aromatic carbocycles. The second-order valence-electron chi connectivity index (χ2n) is 8.57. The summed E-state index contributed by atoms with van der Waals surface area (Å²) in [5.41, 5.74) is 0.227. The van der Waals surface area contributed by atoms with Crippen LogP contribution < -0.4 is 10.6 Å². The summed E-state index contributed by atoms with van der Waals surface area (Å²) in [5, 5.41) is 5.39. The van der Waals surface area contributed by atoms with E-state index in [1.165, 1.54) is 12.2 Å². The normalized spacial score (nSPS) is 14.3. The van der Waals surface area contributed by atoms with E-state index in [-0.39, 0.29) is 50.6 Å². The number of alkyl carbamates (subject to hydrolysis) is 1. The van der Waals surface area contributed by atoms with E-state index >= 15 is 0 Å². The van der Waals surface area contributed by atoms with Crippen molar-refractivity contribution in [2.75, 3.05) is 39.5 Å². The van der Waals surface area contributed by atoms with Crippen LogP contribution in [0.3, 0.4) is 0 Å². The summed E-state index contributed by atoms with van der Waals surface area (Å²) in [7, 11) is 0. The summed E-state index contributed by atoms with van der Waals surface area (Å²) in [6, 6.07) is 8.57. The van der Waals surface area contributed by atoms with Gasteiger partial charge in [-0.2, -0.15) is 0 Å². The standard InChI is InChI=1S/C24H33N3O7/c1-24(2,3)34-23(31)26-19(17-18-7-5-4-6-8-18)22(30)25-11-13-32-15-16-33-14-12-27-20(28)9-10-21(27)29/h4-10,19H,11-17H2,1-3H3,(H,25,30)(H,26,31)/t19-/m0/s1. The molecule has 1 aliphatic rings.